The van der Waals surface area contributed by atoms with Gasteiger partial charge in [-0.15, -0.1) is 0 Å². The Kier molecular flexibility index (Phi) is 5.82. The maximum atomic E-state index is 12.2. The van der Waals surface area contributed by atoms with E-state index in [0.29, 0.717) is 22.0 Å². The van der Waals surface area contributed by atoms with Gasteiger partial charge in [-0.2, -0.15) is 0 Å². The van der Waals surface area contributed by atoms with Gasteiger partial charge < -0.3 is 14.8 Å². The average Bonchev–Trinajstić information content (AvgIpc) is 2.57. The number of aryl methyl sites for hydroxylation is 1. The van der Waals surface area contributed by atoms with Crippen LogP contribution in [0.15, 0.2) is 42.5 Å². The van der Waals surface area contributed by atoms with Crippen LogP contribution in [0.1, 0.15) is 22.8 Å². The van der Waals surface area contributed by atoms with E-state index in [9.17, 15) is 9.59 Å². The van der Waals surface area contributed by atoms with Crippen molar-refractivity contribution >= 4 is 29.2 Å². The van der Waals surface area contributed by atoms with Gasteiger partial charge in [0.2, 0.25) is 0 Å². The second-order valence-corrected chi connectivity index (χ2v) is 5.66. The highest BCUT2D eigenvalue weighted by atomic mass is 35.5. The fourth-order valence-electron chi connectivity index (χ4n) is 2.04. The molecule has 1 atom stereocenters. The van der Waals surface area contributed by atoms with E-state index in [4.69, 9.17) is 16.3 Å². The highest BCUT2D eigenvalue weighted by Crippen LogP contribution is 2.23. The first-order valence-electron chi connectivity index (χ1n) is 7.32. The maximum absolute atomic E-state index is 12.2. The maximum Gasteiger partial charge on any atom is 0.337 e. The summed E-state index contributed by atoms with van der Waals surface area (Å²) in [5.41, 5.74) is 1.83. The molecule has 0 spiro atoms. The summed E-state index contributed by atoms with van der Waals surface area (Å²) in [6.07, 6.45) is -0.690. The first-order valence-corrected chi connectivity index (χ1v) is 7.70. The Morgan fingerprint density at radius 3 is 2.38 bits per heavy atom. The number of carbonyl (C=O) groups excluding carboxylic acids is 2. The standard InChI is InChI=1S/C18H18ClNO4/c1-11-10-14(19)6-9-16(11)24-12(2)17(21)20-15-7-4-13(5-8-15)18(22)23-3/h4-10,12H,1-3H3,(H,20,21). The molecular weight excluding hydrogens is 330 g/mol. The normalized spacial score (nSPS) is 11.5. The minimum Gasteiger partial charge on any atom is -0.481 e. The van der Waals surface area contributed by atoms with Crippen LogP contribution in [0.4, 0.5) is 5.69 Å². The van der Waals surface area contributed by atoms with E-state index in [2.05, 4.69) is 10.1 Å². The van der Waals surface area contributed by atoms with E-state index in [1.54, 1.807) is 49.4 Å². The van der Waals surface area contributed by atoms with Crippen molar-refractivity contribution in [3.8, 4) is 5.75 Å². The van der Waals surface area contributed by atoms with E-state index in [-0.39, 0.29) is 5.91 Å². The van der Waals surface area contributed by atoms with Crippen molar-refractivity contribution in [2.45, 2.75) is 20.0 Å². The Balaban J connectivity index is 1.99. The molecule has 24 heavy (non-hydrogen) atoms. The number of nitrogens with one attached hydrogen (secondary N) is 1. The minimum absolute atomic E-state index is 0.296. The number of amides is 1. The van der Waals surface area contributed by atoms with Gasteiger partial charge in [0.25, 0.3) is 5.91 Å². The van der Waals surface area contributed by atoms with Gasteiger partial charge in [-0.1, -0.05) is 11.6 Å². The van der Waals surface area contributed by atoms with Crippen LogP contribution in [0.5, 0.6) is 5.75 Å². The smallest absolute Gasteiger partial charge is 0.337 e. The molecule has 0 aliphatic carbocycles. The van der Waals surface area contributed by atoms with E-state index in [1.807, 2.05) is 6.92 Å². The molecule has 2 aromatic rings. The second kappa shape index (κ2) is 7.84. The molecule has 0 saturated carbocycles. The van der Waals surface area contributed by atoms with Crippen molar-refractivity contribution in [3.63, 3.8) is 0 Å². The van der Waals surface area contributed by atoms with Gasteiger partial charge >= 0.3 is 5.97 Å². The van der Waals surface area contributed by atoms with E-state index >= 15 is 0 Å². The summed E-state index contributed by atoms with van der Waals surface area (Å²) in [6.45, 7) is 3.52. The third kappa shape index (κ3) is 4.49. The zero-order valence-electron chi connectivity index (χ0n) is 13.6. The number of esters is 1. The number of hydrogen-bond acceptors (Lipinski definition) is 4. The Hall–Kier alpha value is -2.53. The van der Waals surface area contributed by atoms with E-state index < -0.39 is 12.1 Å². The molecule has 6 heteroatoms. The summed E-state index contributed by atoms with van der Waals surface area (Å²) in [7, 11) is 1.32. The number of halogens is 1. The van der Waals surface area contributed by atoms with Gasteiger partial charge in [0.15, 0.2) is 6.10 Å². The van der Waals surface area contributed by atoms with Crippen molar-refractivity contribution in [1.29, 1.82) is 0 Å². The fraction of sp³-hybridized carbons (Fsp3) is 0.222. The Morgan fingerprint density at radius 2 is 1.79 bits per heavy atom. The van der Waals surface area contributed by atoms with Crippen LogP contribution in [0, 0.1) is 6.92 Å². The average molecular weight is 348 g/mol. The topological polar surface area (TPSA) is 64.6 Å². The van der Waals surface area contributed by atoms with Crippen LogP contribution in [-0.4, -0.2) is 25.1 Å². The van der Waals surface area contributed by atoms with Crippen LogP contribution in [0.2, 0.25) is 5.02 Å². The summed E-state index contributed by atoms with van der Waals surface area (Å²) in [5, 5.41) is 3.35. The first-order chi connectivity index (χ1) is 11.4. The molecule has 0 aliphatic heterocycles. The minimum atomic E-state index is -0.690. The summed E-state index contributed by atoms with van der Waals surface area (Å²) in [6, 6.07) is 11.6. The molecule has 0 fully saturated rings. The molecule has 2 aromatic carbocycles. The van der Waals surface area contributed by atoms with Crippen LogP contribution in [0.3, 0.4) is 0 Å². The van der Waals surface area contributed by atoms with Crippen molar-refractivity contribution in [3.05, 3.63) is 58.6 Å². The van der Waals surface area contributed by atoms with Gasteiger partial charge in [0.1, 0.15) is 5.75 Å². The Bertz CT molecular complexity index is 743. The molecule has 5 nitrogen and oxygen atoms in total. The highest BCUT2D eigenvalue weighted by Gasteiger charge is 2.16. The van der Waals surface area contributed by atoms with Gasteiger partial charge in [-0.25, -0.2) is 4.79 Å². The number of benzene rings is 2. The monoisotopic (exact) mass is 347 g/mol. The molecule has 1 amide bonds. The van der Waals surface area contributed by atoms with E-state index in [0.717, 1.165) is 5.56 Å². The summed E-state index contributed by atoms with van der Waals surface area (Å²) < 4.78 is 10.3. The predicted molar refractivity (Wildman–Crippen MR) is 92.7 cm³/mol. The summed E-state index contributed by atoms with van der Waals surface area (Å²) in [4.78, 5) is 23.6. The van der Waals surface area contributed by atoms with Gasteiger partial charge in [-0.05, 0) is 61.9 Å². The lowest BCUT2D eigenvalue weighted by molar-refractivity contribution is -0.122. The number of anilines is 1. The predicted octanol–water partition coefficient (Wildman–Crippen LogP) is 3.84. The summed E-state index contributed by atoms with van der Waals surface area (Å²) in [5.74, 6) is -0.124. The third-order valence-electron chi connectivity index (χ3n) is 3.38. The zero-order valence-corrected chi connectivity index (χ0v) is 14.4. The van der Waals surface area contributed by atoms with Gasteiger partial charge in [-0.3, -0.25) is 4.79 Å². The van der Waals surface area contributed by atoms with Gasteiger partial charge in [0.05, 0.1) is 12.7 Å². The van der Waals surface area contributed by atoms with Crippen LogP contribution < -0.4 is 10.1 Å². The zero-order chi connectivity index (χ0) is 17.7. The quantitative estimate of drug-likeness (QED) is 0.834. The molecular formula is C18H18ClNO4. The van der Waals surface area contributed by atoms with Crippen LogP contribution in [0.25, 0.3) is 0 Å². The van der Waals surface area contributed by atoms with Crippen molar-refractivity contribution in [1.82, 2.24) is 0 Å². The van der Waals surface area contributed by atoms with Crippen LogP contribution in [-0.2, 0) is 9.53 Å². The van der Waals surface area contributed by atoms with Crippen molar-refractivity contribution in [2.24, 2.45) is 0 Å². The number of carbonyl (C=O) groups is 2. The molecule has 1 unspecified atom stereocenters. The first kappa shape index (κ1) is 17.8. The lowest BCUT2D eigenvalue weighted by Crippen LogP contribution is -2.30. The molecule has 0 aliphatic rings. The van der Waals surface area contributed by atoms with E-state index in [1.165, 1.54) is 7.11 Å². The third-order valence-corrected chi connectivity index (χ3v) is 3.62. The molecule has 126 valence electrons. The van der Waals surface area contributed by atoms with Crippen molar-refractivity contribution < 1.29 is 19.1 Å². The largest absolute Gasteiger partial charge is 0.481 e. The fourth-order valence-corrected chi connectivity index (χ4v) is 2.27. The Labute approximate surface area is 145 Å². The molecule has 0 aromatic heterocycles. The highest BCUT2D eigenvalue weighted by molar-refractivity contribution is 6.30. The van der Waals surface area contributed by atoms with Gasteiger partial charge in [0, 0.05) is 10.7 Å². The lowest BCUT2D eigenvalue weighted by Gasteiger charge is -2.16. The molecule has 2 rings (SSSR count). The molecule has 1 N–H and O–H groups in total. The number of methoxy groups -OCH3 is 1. The second-order valence-electron chi connectivity index (χ2n) is 5.23. The molecule has 0 saturated heterocycles. The molecule has 0 radical (unpaired) electrons. The number of rotatable bonds is 5. The molecule has 0 heterocycles. The number of hydrogen-bond donors (Lipinski definition) is 1. The number of ether oxygens (including phenoxy) is 2. The SMILES string of the molecule is COC(=O)c1ccc(NC(=O)C(C)Oc2ccc(Cl)cc2C)cc1. The lowest BCUT2D eigenvalue weighted by atomic mass is 10.2. The Morgan fingerprint density at radius 1 is 1.12 bits per heavy atom. The summed E-state index contributed by atoms with van der Waals surface area (Å²) >= 11 is 5.90. The van der Waals surface area contributed by atoms with Crippen molar-refractivity contribution in [2.75, 3.05) is 12.4 Å². The van der Waals surface area contributed by atoms with Crippen LogP contribution >= 0.6 is 11.6 Å². The molecule has 0 bridgehead atoms.